The van der Waals surface area contributed by atoms with Crippen LogP contribution < -0.4 is 20.5 Å². The Bertz CT molecular complexity index is 2670. The van der Waals surface area contributed by atoms with Crippen LogP contribution in [-0.4, -0.2) is 62.7 Å². The van der Waals surface area contributed by atoms with Crippen LogP contribution in [0.3, 0.4) is 0 Å². The maximum Gasteiger partial charge on any atom is 0.341 e. The van der Waals surface area contributed by atoms with Gasteiger partial charge in [-0.15, -0.1) is 47.0 Å². The standard InChI is InChI=1S/C34H53NO3S2.C33H50O4S2.CH5N.CH4/c1-30(2,3)23-16-21(17-24(28(23)37)31(4,5)6)39-34(13,14)40-22-18-25(32(7,8)9)29(38-20-27(36)35-15)26(19-22)33(10,11)12;1-29(2,3)22-15-20(16-23(27(22)36)30(4,5)6)38-33(13,14)39-21-17-24(31(7,8)9)28(37-19-26(34)35)25(18-21)32(10,11)12;1-2;/h16-19,37H,20H2,1-15H3,(H,35,36);15-18,36H,19H2,1-14H3,(H,34,35);2H2,1H3;1H4. The molecule has 0 unspecified atom stereocenters. The van der Waals surface area contributed by atoms with E-state index in [1.54, 1.807) is 30.6 Å². The number of carboxylic acids is 1. The van der Waals surface area contributed by atoms with E-state index in [0.717, 1.165) is 64.9 Å². The molecule has 0 aliphatic carbocycles. The van der Waals surface area contributed by atoms with Crippen molar-refractivity contribution in [3.8, 4) is 23.0 Å². The number of carboxylic acid groups (broad SMARTS) is 1. The number of amides is 1. The number of aliphatic carboxylic acids is 1. The van der Waals surface area contributed by atoms with Gasteiger partial charge in [0.05, 0.1) is 8.16 Å². The first-order chi connectivity index (χ1) is 36.2. The van der Waals surface area contributed by atoms with Crippen molar-refractivity contribution in [1.82, 2.24) is 5.32 Å². The first kappa shape index (κ1) is 76.4. The zero-order chi connectivity index (χ0) is 63.4. The molecule has 0 saturated carbocycles. The average Bonchev–Trinajstić information content (AvgIpc) is 3.26. The lowest BCUT2D eigenvalue weighted by molar-refractivity contribution is -0.139. The molecule has 4 aromatic carbocycles. The van der Waals surface area contributed by atoms with E-state index in [1.165, 1.54) is 11.9 Å². The van der Waals surface area contributed by atoms with Gasteiger partial charge in [0.15, 0.2) is 13.2 Å². The molecule has 4 rings (SSSR count). The van der Waals surface area contributed by atoms with E-state index in [2.05, 4.69) is 253 Å². The highest BCUT2D eigenvalue weighted by molar-refractivity contribution is 8.18. The van der Waals surface area contributed by atoms with Gasteiger partial charge < -0.3 is 35.8 Å². The Morgan fingerprint density at radius 3 is 0.744 bits per heavy atom. The number of hydrogen-bond donors (Lipinski definition) is 5. The normalized spacial score (nSPS) is 13.0. The van der Waals surface area contributed by atoms with Gasteiger partial charge in [-0.05, 0) is 127 Å². The predicted molar refractivity (Wildman–Crippen MR) is 360 cm³/mol. The molecule has 13 heteroatoms. The molecule has 0 radical (unpaired) electrons. The molecule has 0 fully saturated rings. The smallest absolute Gasteiger partial charge is 0.341 e. The summed E-state index contributed by atoms with van der Waals surface area (Å²) in [5.74, 6) is 1.16. The molecule has 0 bridgehead atoms. The van der Waals surface area contributed by atoms with Crippen LogP contribution >= 0.6 is 47.0 Å². The molecule has 0 spiro atoms. The Balaban J connectivity index is 0.000000787. The third-order valence-corrected chi connectivity index (χ3v) is 18.0. The predicted octanol–water partition coefficient (Wildman–Crippen LogP) is 19.2. The van der Waals surface area contributed by atoms with E-state index in [1.807, 2.05) is 23.5 Å². The summed E-state index contributed by atoms with van der Waals surface area (Å²) in [6.45, 7) is 60.3. The summed E-state index contributed by atoms with van der Waals surface area (Å²) in [4.78, 5) is 28.0. The summed E-state index contributed by atoms with van der Waals surface area (Å²) in [5.41, 5.74) is 11.1. The quantitative estimate of drug-likeness (QED) is 0.0604. The van der Waals surface area contributed by atoms with Crippen molar-refractivity contribution in [3.05, 3.63) is 93.0 Å². The van der Waals surface area contributed by atoms with Crippen LogP contribution in [0.25, 0.3) is 0 Å². The highest BCUT2D eigenvalue weighted by atomic mass is 32.2. The first-order valence-corrected chi connectivity index (χ1v) is 31.6. The van der Waals surface area contributed by atoms with Gasteiger partial charge in [-0.3, -0.25) is 4.79 Å². The van der Waals surface area contributed by atoms with Crippen molar-refractivity contribution in [2.24, 2.45) is 5.73 Å². The number of ether oxygens (including phenoxy) is 2. The van der Waals surface area contributed by atoms with Crippen LogP contribution in [0.5, 0.6) is 23.0 Å². The number of nitrogens with two attached hydrogens (primary N) is 1. The summed E-state index contributed by atoms with van der Waals surface area (Å²) in [7, 11) is 3.13. The van der Waals surface area contributed by atoms with Gasteiger partial charge in [0.1, 0.15) is 23.0 Å². The fraction of sp³-hybridized carbons (Fsp3) is 0.623. The second-order valence-electron chi connectivity index (χ2n) is 30.3. The summed E-state index contributed by atoms with van der Waals surface area (Å²) >= 11 is 7.25. The molecule has 0 atom stereocenters. The summed E-state index contributed by atoms with van der Waals surface area (Å²) in [5, 5.41) is 34.4. The zero-order valence-electron chi connectivity index (χ0n) is 55.7. The number of benzene rings is 4. The number of carbonyl (C=O) groups is 2. The highest BCUT2D eigenvalue weighted by Crippen LogP contribution is 2.53. The lowest BCUT2D eigenvalue weighted by Crippen LogP contribution is -2.27. The Labute approximate surface area is 516 Å². The second-order valence-corrected chi connectivity index (χ2v) is 37.6. The molecule has 0 saturated heterocycles. The molecule has 82 heavy (non-hydrogen) atoms. The summed E-state index contributed by atoms with van der Waals surface area (Å²) in [6.07, 6.45) is 0. The molecular weight excluding hydrogens is 1100 g/mol. The summed E-state index contributed by atoms with van der Waals surface area (Å²) < 4.78 is 11.7. The number of aromatic hydroxyl groups is 2. The molecule has 0 heterocycles. The van der Waals surface area contributed by atoms with Crippen LogP contribution in [0.1, 0.15) is 246 Å². The SMILES string of the molecule is C.CC(C)(Sc1cc(C(C)(C)C)c(O)c(C(C)(C)C)c1)Sc1cc(C(C)(C)C)c(OCC(=O)O)c(C(C)(C)C)c1.CN.CNC(=O)COc1c(C(C)(C)C)cc(SC(C)(C)Sc2cc(C(C)(C)C)c(O)c(C(C)(C)C)c2)cc1C(C)(C)C. The summed E-state index contributed by atoms with van der Waals surface area (Å²) in [6, 6.07) is 17.4. The first-order valence-electron chi connectivity index (χ1n) is 28.4. The van der Waals surface area contributed by atoms with E-state index in [0.29, 0.717) is 17.2 Å². The van der Waals surface area contributed by atoms with Gasteiger partial charge in [0.2, 0.25) is 0 Å². The molecule has 0 aromatic heterocycles. The third-order valence-electron chi connectivity index (χ3n) is 13.2. The maximum atomic E-state index is 12.1. The number of thioether (sulfide) groups is 4. The Hall–Kier alpha value is -3.62. The molecule has 6 N–H and O–H groups in total. The number of nitrogens with one attached hydrogen (secondary N) is 1. The fourth-order valence-electron chi connectivity index (χ4n) is 9.00. The van der Waals surface area contributed by atoms with E-state index in [9.17, 15) is 24.9 Å². The van der Waals surface area contributed by atoms with Crippen molar-refractivity contribution >= 4 is 58.9 Å². The Morgan fingerprint density at radius 1 is 0.390 bits per heavy atom. The highest BCUT2D eigenvalue weighted by Gasteiger charge is 2.35. The van der Waals surface area contributed by atoms with Gasteiger partial charge in [-0.2, -0.15) is 0 Å². The van der Waals surface area contributed by atoms with Gasteiger partial charge in [0.25, 0.3) is 5.91 Å². The van der Waals surface area contributed by atoms with Crippen LogP contribution in [0.4, 0.5) is 0 Å². The van der Waals surface area contributed by atoms with Crippen molar-refractivity contribution in [1.29, 1.82) is 0 Å². The van der Waals surface area contributed by atoms with Crippen molar-refractivity contribution in [2.45, 2.75) is 272 Å². The average molecular weight is 1210 g/mol. The Kier molecular flexibility index (Phi) is 25.9. The molecule has 1 amide bonds. The molecular formula is C69H112N2O7S4. The van der Waals surface area contributed by atoms with Crippen molar-refractivity contribution < 1.29 is 34.4 Å². The fourth-order valence-corrected chi connectivity index (χ4v) is 14.2. The van der Waals surface area contributed by atoms with Crippen LogP contribution in [-0.2, 0) is 52.9 Å². The lowest BCUT2D eigenvalue weighted by Gasteiger charge is -2.32. The molecule has 464 valence electrons. The maximum absolute atomic E-state index is 12.1. The van der Waals surface area contributed by atoms with Gasteiger partial charge >= 0.3 is 5.97 Å². The zero-order valence-corrected chi connectivity index (χ0v) is 59.0. The minimum Gasteiger partial charge on any atom is -0.507 e. The number of likely N-dealkylation sites (N-methyl/N-ethyl adjacent to an activating group) is 1. The molecule has 0 aliphatic heterocycles. The van der Waals surface area contributed by atoms with Crippen LogP contribution in [0, 0.1) is 0 Å². The van der Waals surface area contributed by atoms with Crippen LogP contribution in [0.2, 0.25) is 0 Å². The number of phenolic OH excluding ortho intramolecular Hbond substituents is 2. The van der Waals surface area contributed by atoms with Crippen molar-refractivity contribution in [3.63, 3.8) is 0 Å². The monoisotopic (exact) mass is 1210 g/mol. The largest absolute Gasteiger partial charge is 0.507 e. The van der Waals surface area contributed by atoms with Gasteiger partial charge in [-0.1, -0.05) is 174 Å². The molecule has 9 nitrogen and oxygen atoms in total. The van der Waals surface area contributed by atoms with Crippen LogP contribution in [0.15, 0.2) is 68.1 Å². The minimum absolute atomic E-state index is 0. The van der Waals surface area contributed by atoms with Crippen molar-refractivity contribution in [2.75, 3.05) is 27.3 Å². The lowest BCUT2D eigenvalue weighted by atomic mass is 9.79. The topological polar surface area (TPSA) is 151 Å². The second kappa shape index (κ2) is 27.8. The van der Waals surface area contributed by atoms with E-state index in [-0.39, 0.29) is 78.0 Å². The van der Waals surface area contributed by atoms with E-state index in [4.69, 9.17) is 9.47 Å². The minimum atomic E-state index is -0.983. The number of carbonyl (C=O) groups excluding carboxylic acids is 1. The third kappa shape index (κ3) is 22.0. The van der Waals surface area contributed by atoms with Gasteiger partial charge in [0, 0.05) is 71.1 Å². The van der Waals surface area contributed by atoms with E-state index >= 15 is 0 Å². The molecule has 0 aliphatic rings. The van der Waals surface area contributed by atoms with E-state index < -0.39 is 5.97 Å². The number of rotatable bonds is 14. The number of hydrogen-bond acceptors (Lipinski definition) is 11. The number of phenols is 2. The molecule has 4 aromatic rings. The van der Waals surface area contributed by atoms with Gasteiger partial charge in [-0.25, -0.2) is 4.79 Å². The Morgan fingerprint density at radius 2 is 0.573 bits per heavy atom.